The van der Waals surface area contributed by atoms with Gasteiger partial charge in [-0.05, 0) is 58.7 Å². The van der Waals surface area contributed by atoms with Crippen LogP contribution in [0.25, 0.3) is 11.6 Å². The van der Waals surface area contributed by atoms with E-state index in [1.807, 2.05) is 121 Å². The lowest BCUT2D eigenvalue weighted by Gasteiger charge is -2.15. The minimum Gasteiger partial charge on any atom is -0.497 e. The van der Waals surface area contributed by atoms with Crippen molar-refractivity contribution in [3.8, 4) is 5.75 Å². The van der Waals surface area contributed by atoms with E-state index in [2.05, 4.69) is 0 Å². The normalized spacial score (nSPS) is 11.5. The monoisotopic (exact) mass is 536 g/mol. The Hall–Kier alpha value is -5.48. The maximum Gasteiger partial charge on any atom is 0.343 e. The zero-order chi connectivity index (χ0) is 28.4. The second-order valence-electron chi connectivity index (χ2n) is 9.24. The first-order valence-electron chi connectivity index (χ1n) is 13.2. The molecule has 0 saturated heterocycles. The molecule has 0 bridgehead atoms. The summed E-state index contributed by atoms with van der Waals surface area (Å²) in [6.07, 6.45) is 3.61. The second-order valence-corrected chi connectivity index (χ2v) is 9.24. The van der Waals surface area contributed by atoms with Crippen LogP contribution in [-0.2, 0) is 4.74 Å². The van der Waals surface area contributed by atoms with Gasteiger partial charge in [0.2, 0.25) is 0 Å². The molecule has 0 unspecified atom stereocenters. The van der Waals surface area contributed by atoms with Crippen LogP contribution < -0.4 is 4.74 Å². The summed E-state index contributed by atoms with van der Waals surface area (Å²) in [7, 11) is 1.61. The van der Waals surface area contributed by atoms with E-state index in [1.54, 1.807) is 37.5 Å². The summed E-state index contributed by atoms with van der Waals surface area (Å²) < 4.78 is 11.3. The van der Waals surface area contributed by atoms with Crippen molar-refractivity contribution in [2.24, 2.45) is 0 Å². The van der Waals surface area contributed by atoms with E-state index in [0.29, 0.717) is 22.4 Å². The lowest BCUT2D eigenvalue weighted by molar-refractivity contribution is 0.0640. The Morgan fingerprint density at radius 3 is 1.66 bits per heavy atom. The van der Waals surface area contributed by atoms with Crippen molar-refractivity contribution >= 4 is 23.4 Å². The summed E-state index contributed by atoms with van der Waals surface area (Å²) >= 11 is 0. The number of methoxy groups -OCH3 is 1. The van der Waals surface area contributed by atoms with Crippen LogP contribution in [0.2, 0.25) is 0 Å². The number of hydrogen-bond donors (Lipinski definition) is 0. The molecule has 41 heavy (non-hydrogen) atoms. The summed E-state index contributed by atoms with van der Waals surface area (Å²) in [5.74, 6) is 0.469. The second kappa shape index (κ2) is 13.0. The van der Waals surface area contributed by atoms with Crippen LogP contribution in [0, 0.1) is 0 Å². The number of rotatable bonds is 9. The third kappa shape index (κ3) is 6.75. The molecule has 5 rings (SSSR count). The van der Waals surface area contributed by atoms with E-state index >= 15 is 0 Å². The van der Waals surface area contributed by atoms with Crippen molar-refractivity contribution < 1.29 is 19.1 Å². The molecule has 5 aromatic carbocycles. The average Bonchev–Trinajstić information content (AvgIpc) is 3.05. The number of ketones is 1. The molecule has 200 valence electrons. The van der Waals surface area contributed by atoms with Crippen LogP contribution >= 0.6 is 0 Å². The number of allylic oxidation sites excluding steroid dienone is 1. The number of esters is 1. The Bertz CT molecular complexity index is 1690. The molecule has 0 fully saturated rings. The van der Waals surface area contributed by atoms with E-state index in [-0.39, 0.29) is 5.78 Å². The van der Waals surface area contributed by atoms with Crippen molar-refractivity contribution in [2.75, 3.05) is 7.11 Å². The topological polar surface area (TPSA) is 52.6 Å². The van der Waals surface area contributed by atoms with E-state index in [1.165, 1.54) is 0 Å². The summed E-state index contributed by atoms with van der Waals surface area (Å²) in [4.78, 5) is 26.9. The molecule has 5 aromatic rings. The van der Waals surface area contributed by atoms with Gasteiger partial charge in [-0.25, -0.2) is 4.79 Å². The molecule has 0 N–H and O–H groups in total. The summed E-state index contributed by atoms with van der Waals surface area (Å²) in [6, 6.07) is 42.8. The molecule has 0 aliphatic carbocycles. The van der Waals surface area contributed by atoms with Gasteiger partial charge in [-0.3, -0.25) is 4.79 Å². The van der Waals surface area contributed by atoms with Gasteiger partial charge in [0.05, 0.1) is 12.7 Å². The first-order chi connectivity index (χ1) is 20.1. The molecule has 0 heterocycles. The highest BCUT2D eigenvalue weighted by atomic mass is 16.5. The van der Waals surface area contributed by atoms with Crippen molar-refractivity contribution in [3.05, 3.63) is 185 Å². The number of hydrogen-bond acceptors (Lipinski definition) is 4. The van der Waals surface area contributed by atoms with Gasteiger partial charge < -0.3 is 9.47 Å². The van der Waals surface area contributed by atoms with Crippen molar-refractivity contribution in [3.63, 3.8) is 0 Å². The Morgan fingerprint density at radius 2 is 1.07 bits per heavy atom. The zero-order valence-corrected chi connectivity index (χ0v) is 22.6. The smallest absolute Gasteiger partial charge is 0.343 e. The Labute approximate surface area is 239 Å². The third-order valence-electron chi connectivity index (χ3n) is 6.51. The van der Waals surface area contributed by atoms with Gasteiger partial charge in [0.15, 0.2) is 5.78 Å². The van der Waals surface area contributed by atoms with Gasteiger partial charge in [0.1, 0.15) is 11.5 Å². The largest absolute Gasteiger partial charge is 0.497 e. The van der Waals surface area contributed by atoms with Gasteiger partial charge >= 0.3 is 5.97 Å². The Morgan fingerprint density at radius 1 is 0.561 bits per heavy atom. The molecule has 4 nitrogen and oxygen atoms in total. The van der Waals surface area contributed by atoms with Crippen LogP contribution in [0.4, 0.5) is 0 Å². The zero-order valence-electron chi connectivity index (χ0n) is 22.6. The first-order valence-corrected chi connectivity index (χ1v) is 13.2. The van der Waals surface area contributed by atoms with Crippen LogP contribution in [0.1, 0.15) is 43.0 Å². The fraction of sp³-hybridized carbons (Fsp3) is 0.0270. The maximum atomic E-state index is 13.7. The van der Waals surface area contributed by atoms with Crippen molar-refractivity contribution in [1.82, 2.24) is 0 Å². The van der Waals surface area contributed by atoms with Gasteiger partial charge in [-0.15, -0.1) is 0 Å². The van der Waals surface area contributed by atoms with Gasteiger partial charge in [0.25, 0.3) is 0 Å². The maximum absolute atomic E-state index is 13.7. The van der Waals surface area contributed by atoms with Gasteiger partial charge in [-0.2, -0.15) is 0 Å². The predicted molar refractivity (Wildman–Crippen MR) is 163 cm³/mol. The molecule has 0 saturated carbocycles. The predicted octanol–water partition coefficient (Wildman–Crippen LogP) is 8.26. The molecule has 0 aliphatic rings. The molecular weight excluding hydrogens is 508 g/mol. The highest BCUT2D eigenvalue weighted by Gasteiger charge is 2.18. The molecule has 0 aromatic heterocycles. The van der Waals surface area contributed by atoms with E-state index < -0.39 is 5.97 Å². The molecule has 4 heteroatoms. The van der Waals surface area contributed by atoms with E-state index in [9.17, 15) is 9.59 Å². The summed E-state index contributed by atoms with van der Waals surface area (Å²) in [6.45, 7) is 0. The van der Waals surface area contributed by atoms with Crippen LogP contribution in [0.5, 0.6) is 5.75 Å². The fourth-order valence-electron chi connectivity index (χ4n) is 4.44. The highest BCUT2D eigenvalue weighted by Crippen LogP contribution is 2.30. The highest BCUT2D eigenvalue weighted by molar-refractivity contribution is 6.12. The lowest BCUT2D eigenvalue weighted by Crippen LogP contribution is -2.07. The summed E-state index contributed by atoms with van der Waals surface area (Å²) in [5.41, 5.74) is 4.73. The first kappa shape index (κ1) is 27.1. The van der Waals surface area contributed by atoms with Gasteiger partial charge in [0, 0.05) is 11.1 Å². The SMILES string of the molecule is COc1ccc(/C=C(\C=C(\c2ccccc2)c2ccccc2C(=O)c2ccccc2)OC(=O)c2ccccc2)cc1. The van der Waals surface area contributed by atoms with Crippen LogP contribution in [0.3, 0.4) is 0 Å². The number of ether oxygens (including phenoxy) is 2. The minimum atomic E-state index is -0.484. The molecule has 0 spiro atoms. The van der Waals surface area contributed by atoms with Gasteiger partial charge in [-0.1, -0.05) is 115 Å². The quantitative estimate of drug-likeness (QED) is 0.0824. The molecule has 0 radical (unpaired) electrons. The van der Waals surface area contributed by atoms with E-state index in [0.717, 1.165) is 28.0 Å². The fourth-order valence-corrected chi connectivity index (χ4v) is 4.44. The number of benzene rings is 5. The number of carbonyl (C=O) groups excluding carboxylic acids is 2. The van der Waals surface area contributed by atoms with Crippen LogP contribution in [0.15, 0.2) is 151 Å². The Balaban J connectivity index is 1.66. The summed E-state index contributed by atoms with van der Waals surface area (Å²) in [5, 5.41) is 0. The molecular formula is C37H28O4. The third-order valence-corrected chi connectivity index (χ3v) is 6.51. The Kier molecular flexibility index (Phi) is 8.63. The molecule has 0 atom stereocenters. The number of carbonyl (C=O) groups is 2. The van der Waals surface area contributed by atoms with Crippen molar-refractivity contribution in [1.29, 1.82) is 0 Å². The molecule has 0 amide bonds. The molecule has 0 aliphatic heterocycles. The van der Waals surface area contributed by atoms with Crippen molar-refractivity contribution in [2.45, 2.75) is 0 Å². The average molecular weight is 537 g/mol. The minimum absolute atomic E-state index is 0.0926. The lowest BCUT2D eigenvalue weighted by atomic mass is 9.89. The van der Waals surface area contributed by atoms with Crippen LogP contribution in [-0.4, -0.2) is 18.9 Å². The standard InChI is InChI=1S/C37H28O4/c1-40-31-23-21-27(22-24-31)25-32(41-37(39)30-17-9-4-10-18-30)26-35(28-13-5-2-6-14-28)33-19-11-12-20-34(33)36(38)29-15-7-3-8-16-29/h2-26H,1H3/b32-25+,35-26-. The van der Waals surface area contributed by atoms with E-state index in [4.69, 9.17) is 9.47 Å².